The quantitative estimate of drug-likeness (QED) is 0.157. The topological polar surface area (TPSA) is 46.5 Å². The van der Waals surface area contributed by atoms with Gasteiger partial charge in [0, 0.05) is 13.0 Å². The molecule has 0 aliphatic carbocycles. The number of methoxy groups -OCH3 is 1. The zero-order valence-corrected chi connectivity index (χ0v) is 18.3. The van der Waals surface area contributed by atoms with Gasteiger partial charge in [-0.1, -0.05) is 116 Å². The smallest absolute Gasteiger partial charge is 0.305 e. The normalized spacial score (nSPS) is 11.0. The molecule has 0 aromatic heterocycles. The molecule has 1 N–H and O–H groups in total. The van der Waals surface area contributed by atoms with Crippen LogP contribution in [0.15, 0.2) is 0 Å². The van der Waals surface area contributed by atoms with Gasteiger partial charge in [0.1, 0.15) is 0 Å². The van der Waals surface area contributed by atoms with Gasteiger partial charge in [-0.2, -0.15) is 0 Å². The Morgan fingerprint density at radius 3 is 1.04 bits per heavy atom. The molecular weight excluding hydrogens is 336 g/mol. The third kappa shape index (κ3) is 23.4. The summed E-state index contributed by atoms with van der Waals surface area (Å²) in [5.74, 6) is -0.0692. The second-order valence-corrected chi connectivity index (χ2v) is 8.12. The van der Waals surface area contributed by atoms with Crippen molar-refractivity contribution in [2.24, 2.45) is 0 Å². The lowest BCUT2D eigenvalue weighted by atomic mass is 10.0. The molecule has 0 rings (SSSR count). The first-order chi connectivity index (χ1) is 13.3. The Hall–Kier alpha value is -0.570. The largest absolute Gasteiger partial charge is 0.469 e. The van der Waals surface area contributed by atoms with Crippen molar-refractivity contribution < 1.29 is 14.6 Å². The number of carbonyl (C=O) groups excluding carboxylic acids is 1. The van der Waals surface area contributed by atoms with Crippen LogP contribution in [0.1, 0.15) is 135 Å². The van der Waals surface area contributed by atoms with Crippen LogP contribution in [-0.2, 0) is 9.53 Å². The van der Waals surface area contributed by atoms with Crippen molar-refractivity contribution >= 4 is 5.97 Å². The second kappa shape index (κ2) is 23.5. The predicted octanol–water partition coefficient (Wildman–Crippen LogP) is 7.34. The van der Waals surface area contributed by atoms with Crippen molar-refractivity contribution in [2.45, 2.75) is 135 Å². The summed E-state index contributed by atoms with van der Waals surface area (Å²) in [6.07, 6.45) is 27.0. The highest BCUT2D eigenvalue weighted by atomic mass is 16.5. The van der Waals surface area contributed by atoms with Crippen molar-refractivity contribution in [3.05, 3.63) is 0 Å². The number of carbonyl (C=O) groups is 1. The molecule has 0 aliphatic heterocycles. The van der Waals surface area contributed by atoms with Crippen LogP contribution in [-0.4, -0.2) is 24.8 Å². The summed E-state index contributed by atoms with van der Waals surface area (Å²) >= 11 is 0. The lowest BCUT2D eigenvalue weighted by molar-refractivity contribution is -0.140. The minimum atomic E-state index is -0.0692. The van der Waals surface area contributed by atoms with Crippen LogP contribution >= 0.6 is 0 Å². The lowest BCUT2D eigenvalue weighted by Crippen LogP contribution is -1.99. The summed E-state index contributed by atoms with van der Waals surface area (Å²) in [5, 5.41) is 8.73. The van der Waals surface area contributed by atoms with E-state index in [4.69, 9.17) is 5.11 Å². The molecule has 0 spiro atoms. The van der Waals surface area contributed by atoms with Crippen molar-refractivity contribution in [3.8, 4) is 0 Å². The highest BCUT2D eigenvalue weighted by molar-refractivity contribution is 5.68. The molecule has 0 aromatic rings. The Balaban J connectivity index is 3.00. The number of aliphatic hydroxyl groups excluding tert-OH is 1. The predicted molar refractivity (Wildman–Crippen MR) is 116 cm³/mol. The third-order valence-corrected chi connectivity index (χ3v) is 5.52. The molecule has 0 amide bonds. The minimum absolute atomic E-state index is 0.0692. The molecule has 0 heterocycles. The number of esters is 1. The highest BCUT2D eigenvalue weighted by Gasteiger charge is 1.99. The van der Waals surface area contributed by atoms with E-state index in [2.05, 4.69) is 4.74 Å². The molecule has 0 fully saturated rings. The molecule has 3 nitrogen and oxygen atoms in total. The van der Waals surface area contributed by atoms with Gasteiger partial charge in [-0.3, -0.25) is 4.79 Å². The highest BCUT2D eigenvalue weighted by Crippen LogP contribution is 2.15. The zero-order valence-electron chi connectivity index (χ0n) is 18.3. The Morgan fingerprint density at radius 1 is 0.519 bits per heavy atom. The molecule has 0 saturated heterocycles. The van der Waals surface area contributed by atoms with Crippen molar-refractivity contribution in [2.75, 3.05) is 13.7 Å². The van der Waals surface area contributed by atoms with Gasteiger partial charge in [-0.25, -0.2) is 0 Å². The van der Waals surface area contributed by atoms with E-state index in [1.807, 2.05) is 0 Å². The molecule has 0 bridgehead atoms. The number of hydrogen-bond acceptors (Lipinski definition) is 3. The average Bonchev–Trinajstić information content (AvgIpc) is 2.68. The van der Waals surface area contributed by atoms with Gasteiger partial charge in [-0.05, 0) is 12.8 Å². The minimum Gasteiger partial charge on any atom is -0.469 e. The Bertz CT molecular complexity index is 291. The van der Waals surface area contributed by atoms with Crippen LogP contribution in [0.3, 0.4) is 0 Å². The fraction of sp³-hybridized carbons (Fsp3) is 0.958. The molecular formula is C24H48O3. The van der Waals surface area contributed by atoms with E-state index in [1.165, 1.54) is 123 Å². The van der Waals surface area contributed by atoms with Crippen LogP contribution in [0, 0.1) is 0 Å². The number of rotatable bonds is 22. The average molecular weight is 385 g/mol. The van der Waals surface area contributed by atoms with Crippen molar-refractivity contribution in [3.63, 3.8) is 0 Å². The van der Waals surface area contributed by atoms with E-state index >= 15 is 0 Å². The maximum absolute atomic E-state index is 11.0. The molecule has 3 heteroatoms. The van der Waals surface area contributed by atoms with Crippen LogP contribution in [0.5, 0.6) is 0 Å². The summed E-state index contributed by atoms with van der Waals surface area (Å²) in [6.45, 7) is 0.361. The van der Waals surface area contributed by atoms with Gasteiger partial charge >= 0.3 is 5.97 Å². The first kappa shape index (κ1) is 26.4. The Kier molecular flexibility index (Phi) is 23.0. The van der Waals surface area contributed by atoms with Crippen molar-refractivity contribution in [1.82, 2.24) is 0 Å². The maximum atomic E-state index is 11.0. The maximum Gasteiger partial charge on any atom is 0.305 e. The lowest BCUT2D eigenvalue weighted by Gasteiger charge is -2.04. The summed E-state index contributed by atoms with van der Waals surface area (Å²) in [5.41, 5.74) is 0. The van der Waals surface area contributed by atoms with E-state index in [9.17, 15) is 4.79 Å². The molecule has 162 valence electrons. The van der Waals surface area contributed by atoms with Crippen molar-refractivity contribution in [1.29, 1.82) is 0 Å². The van der Waals surface area contributed by atoms with Crippen LogP contribution in [0.2, 0.25) is 0 Å². The van der Waals surface area contributed by atoms with Gasteiger partial charge in [0.05, 0.1) is 7.11 Å². The number of ether oxygens (including phenoxy) is 1. The SMILES string of the molecule is COC(=O)CCCCCCCCCCCCCCCCCCCCCCO. The summed E-state index contributed by atoms with van der Waals surface area (Å²) in [7, 11) is 1.47. The molecule has 0 aliphatic rings. The first-order valence-electron chi connectivity index (χ1n) is 12.0. The molecule has 0 aromatic carbocycles. The summed E-state index contributed by atoms with van der Waals surface area (Å²) < 4.78 is 4.65. The zero-order chi connectivity index (χ0) is 19.8. The Morgan fingerprint density at radius 2 is 0.778 bits per heavy atom. The van der Waals surface area contributed by atoms with E-state index in [0.717, 1.165) is 12.8 Å². The molecule has 0 unspecified atom stereocenters. The summed E-state index contributed by atoms with van der Waals surface area (Å²) in [4.78, 5) is 11.0. The standard InChI is InChI=1S/C24H48O3/c1-27-24(26)22-20-18-16-14-12-10-8-6-4-2-3-5-7-9-11-13-15-17-19-21-23-25/h25H,2-23H2,1H3. The second-order valence-electron chi connectivity index (χ2n) is 8.12. The van der Waals surface area contributed by atoms with Crippen LogP contribution in [0.25, 0.3) is 0 Å². The monoisotopic (exact) mass is 384 g/mol. The van der Waals surface area contributed by atoms with E-state index in [1.54, 1.807) is 0 Å². The Labute approximate surface area is 169 Å². The first-order valence-corrected chi connectivity index (χ1v) is 12.0. The van der Waals surface area contributed by atoms with E-state index in [0.29, 0.717) is 13.0 Å². The van der Waals surface area contributed by atoms with Crippen LogP contribution in [0.4, 0.5) is 0 Å². The van der Waals surface area contributed by atoms with Gasteiger partial charge in [0.15, 0.2) is 0 Å². The number of aliphatic hydroxyl groups is 1. The molecule has 0 atom stereocenters. The number of unbranched alkanes of at least 4 members (excludes halogenated alkanes) is 19. The van der Waals surface area contributed by atoms with Gasteiger partial charge in [-0.15, -0.1) is 0 Å². The fourth-order valence-electron chi connectivity index (χ4n) is 3.67. The molecule has 0 saturated carbocycles. The van der Waals surface area contributed by atoms with Gasteiger partial charge in [0.25, 0.3) is 0 Å². The van der Waals surface area contributed by atoms with Gasteiger partial charge in [0.2, 0.25) is 0 Å². The molecule has 0 radical (unpaired) electrons. The number of hydrogen-bond donors (Lipinski definition) is 1. The van der Waals surface area contributed by atoms with E-state index in [-0.39, 0.29) is 5.97 Å². The van der Waals surface area contributed by atoms with E-state index < -0.39 is 0 Å². The third-order valence-electron chi connectivity index (χ3n) is 5.52. The summed E-state index contributed by atoms with van der Waals surface area (Å²) in [6, 6.07) is 0. The van der Waals surface area contributed by atoms with Gasteiger partial charge < -0.3 is 9.84 Å². The van der Waals surface area contributed by atoms with Crippen LogP contribution < -0.4 is 0 Å². The molecule has 27 heavy (non-hydrogen) atoms. The fourth-order valence-corrected chi connectivity index (χ4v) is 3.67.